The number of benzene rings is 1. The van der Waals surface area contributed by atoms with Crippen molar-refractivity contribution in [2.75, 3.05) is 11.9 Å². The SMILES string of the molecule is CCOC(=O)C1CCCCC1n1nnnc1C(CC(C)c1ccc(C)o1)Nc1ccc2nc[nH]c2c1. The number of anilines is 1. The van der Waals surface area contributed by atoms with Crippen LogP contribution in [0.4, 0.5) is 5.69 Å². The Balaban J connectivity index is 1.48. The summed E-state index contributed by atoms with van der Waals surface area (Å²) < 4.78 is 13.2. The van der Waals surface area contributed by atoms with E-state index in [9.17, 15) is 4.79 Å². The monoisotopic (exact) mass is 491 g/mol. The molecule has 5 rings (SSSR count). The highest BCUT2D eigenvalue weighted by molar-refractivity contribution is 5.78. The van der Waals surface area contributed by atoms with Gasteiger partial charge in [-0.3, -0.25) is 4.79 Å². The predicted molar refractivity (Wildman–Crippen MR) is 134 cm³/mol. The summed E-state index contributed by atoms with van der Waals surface area (Å²) in [7, 11) is 0. The van der Waals surface area contributed by atoms with Crippen molar-refractivity contribution in [2.24, 2.45) is 5.92 Å². The Morgan fingerprint density at radius 2 is 2.14 bits per heavy atom. The number of aromatic nitrogens is 6. The van der Waals surface area contributed by atoms with Crippen LogP contribution < -0.4 is 5.32 Å². The number of hydrogen-bond donors (Lipinski definition) is 2. The van der Waals surface area contributed by atoms with Crippen molar-refractivity contribution in [1.82, 2.24) is 30.2 Å². The minimum Gasteiger partial charge on any atom is -0.466 e. The summed E-state index contributed by atoms with van der Waals surface area (Å²) in [4.78, 5) is 20.3. The molecule has 10 heteroatoms. The van der Waals surface area contributed by atoms with Gasteiger partial charge < -0.3 is 19.5 Å². The maximum absolute atomic E-state index is 12.8. The smallest absolute Gasteiger partial charge is 0.311 e. The van der Waals surface area contributed by atoms with Crippen LogP contribution >= 0.6 is 0 Å². The molecule has 0 bridgehead atoms. The molecule has 3 heterocycles. The number of carbonyl (C=O) groups is 1. The Morgan fingerprint density at radius 3 is 2.94 bits per heavy atom. The van der Waals surface area contributed by atoms with Gasteiger partial charge in [0.1, 0.15) is 11.5 Å². The third-order valence-electron chi connectivity index (χ3n) is 7.06. The topological polar surface area (TPSA) is 124 Å². The number of H-pyrrole nitrogens is 1. The van der Waals surface area contributed by atoms with E-state index in [1.807, 2.05) is 48.9 Å². The maximum Gasteiger partial charge on any atom is 0.311 e. The molecule has 36 heavy (non-hydrogen) atoms. The average molecular weight is 492 g/mol. The normalized spacial score (nSPS) is 19.8. The molecule has 0 radical (unpaired) electrons. The Bertz CT molecular complexity index is 1310. The van der Waals surface area contributed by atoms with Gasteiger partial charge in [0.2, 0.25) is 0 Å². The lowest BCUT2D eigenvalue weighted by Gasteiger charge is -2.31. The standard InChI is InChI=1S/C26H33N7O3/c1-4-35-26(34)19-7-5-6-8-23(19)33-25(30-31-32-33)22(13-16(2)24-12-9-17(3)36-24)29-18-10-11-20-21(14-18)28-15-27-20/h9-12,14-16,19,22-23,29H,4-8,13H2,1-3H3,(H,27,28). The Hall–Kier alpha value is -3.69. The van der Waals surface area contributed by atoms with E-state index >= 15 is 0 Å². The second kappa shape index (κ2) is 10.5. The van der Waals surface area contributed by atoms with Crippen molar-refractivity contribution in [1.29, 1.82) is 0 Å². The zero-order valence-electron chi connectivity index (χ0n) is 21.0. The van der Waals surface area contributed by atoms with E-state index in [4.69, 9.17) is 9.15 Å². The van der Waals surface area contributed by atoms with Crippen LogP contribution in [0.15, 0.2) is 41.1 Å². The third kappa shape index (κ3) is 4.98. The fraction of sp³-hybridized carbons (Fsp3) is 0.500. The first kappa shape index (κ1) is 24.0. The van der Waals surface area contributed by atoms with Gasteiger partial charge in [-0.1, -0.05) is 19.8 Å². The molecule has 0 aliphatic heterocycles. The molecule has 4 unspecified atom stereocenters. The first-order valence-electron chi connectivity index (χ1n) is 12.7. The average Bonchev–Trinajstić information content (AvgIpc) is 3.64. The Labute approximate surface area is 209 Å². The lowest BCUT2D eigenvalue weighted by Crippen LogP contribution is -2.33. The number of furan rings is 1. The van der Waals surface area contributed by atoms with E-state index in [1.54, 1.807) is 6.33 Å². The Morgan fingerprint density at radius 1 is 1.28 bits per heavy atom. The highest BCUT2D eigenvalue weighted by Gasteiger charge is 2.37. The van der Waals surface area contributed by atoms with Crippen LogP contribution in [0.2, 0.25) is 0 Å². The van der Waals surface area contributed by atoms with E-state index in [1.165, 1.54) is 0 Å². The molecular weight excluding hydrogens is 458 g/mol. The quantitative estimate of drug-likeness (QED) is 0.310. The number of ether oxygens (including phenoxy) is 1. The van der Waals surface area contributed by atoms with Gasteiger partial charge in [-0.2, -0.15) is 0 Å². The largest absolute Gasteiger partial charge is 0.466 e. The molecule has 10 nitrogen and oxygen atoms in total. The van der Waals surface area contributed by atoms with Crippen LogP contribution in [0.1, 0.15) is 81.3 Å². The van der Waals surface area contributed by atoms with Gasteiger partial charge in [0.25, 0.3) is 0 Å². The predicted octanol–water partition coefficient (Wildman–Crippen LogP) is 5.09. The molecule has 2 N–H and O–H groups in total. The number of fused-ring (bicyclic) bond motifs is 1. The number of nitrogens with one attached hydrogen (secondary N) is 2. The molecule has 1 aromatic carbocycles. The molecule has 0 amide bonds. The van der Waals surface area contributed by atoms with Crippen LogP contribution in [0.5, 0.6) is 0 Å². The van der Waals surface area contributed by atoms with Gasteiger partial charge in [0.05, 0.1) is 42.0 Å². The van der Waals surface area contributed by atoms with Crippen LogP contribution in [0, 0.1) is 12.8 Å². The summed E-state index contributed by atoms with van der Waals surface area (Å²) in [6.07, 6.45) is 6.02. The lowest BCUT2D eigenvalue weighted by atomic mass is 9.84. The molecule has 1 fully saturated rings. The first-order valence-corrected chi connectivity index (χ1v) is 12.7. The molecule has 1 aliphatic rings. The van der Waals surface area contributed by atoms with Crippen LogP contribution in [-0.2, 0) is 9.53 Å². The van der Waals surface area contributed by atoms with Crippen LogP contribution in [0.25, 0.3) is 11.0 Å². The number of imidazole rings is 1. The summed E-state index contributed by atoms with van der Waals surface area (Å²) in [6.45, 7) is 6.29. The molecule has 0 saturated heterocycles. The van der Waals surface area contributed by atoms with E-state index in [0.29, 0.717) is 18.9 Å². The van der Waals surface area contributed by atoms with Crippen molar-refractivity contribution >= 4 is 22.7 Å². The van der Waals surface area contributed by atoms with Crippen molar-refractivity contribution in [3.8, 4) is 0 Å². The fourth-order valence-electron chi connectivity index (χ4n) is 5.24. The van der Waals surface area contributed by atoms with Crippen molar-refractivity contribution in [3.63, 3.8) is 0 Å². The highest BCUT2D eigenvalue weighted by atomic mass is 16.5. The molecular formula is C26H33N7O3. The lowest BCUT2D eigenvalue weighted by molar-refractivity contribution is -0.151. The molecule has 1 saturated carbocycles. The molecule has 0 spiro atoms. The maximum atomic E-state index is 12.8. The van der Waals surface area contributed by atoms with E-state index in [2.05, 4.69) is 37.7 Å². The third-order valence-corrected chi connectivity index (χ3v) is 7.06. The summed E-state index contributed by atoms with van der Waals surface area (Å²) in [5.74, 6) is 2.20. The minimum absolute atomic E-state index is 0.115. The summed E-state index contributed by atoms with van der Waals surface area (Å²) in [5.41, 5.74) is 2.78. The van der Waals surface area contributed by atoms with Crippen molar-refractivity contribution in [2.45, 2.75) is 70.9 Å². The molecule has 190 valence electrons. The molecule has 1 aliphatic carbocycles. The number of tetrazole rings is 1. The number of rotatable bonds is 9. The van der Waals surface area contributed by atoms with Gasteiger partial charge in [-0.25, -0.2) is 9.67 Å². The number of carbonyl (C=O) groups excluding carboxylic acids is 1. The second-order valence-electron chi connectivity index (χ2n) is 9.61. The van der Waals surface area contributed by atoms with Gasteiger partial charge >= 0.3 is 5.97 Å². The second-order valence-corrected chi connectivity index (χ2v) is 9.61. The molecule has 4 atom stereocenters. The van der Waals surface area contributed by atoms with E-state index in [0.717, 1.165) is 53.9 Å². The van der Waals surface area contributed by atoms with Gasteiger partial charge in [-0.15, -0.1) is 5.10 Å². The minimum atomic E-state index is -0.256. The fourth-order valence-corrected chi connectivity index (χ4v) is 5.24. The zero-order chi connectivity index (χ0) is 25.1. The summed E-state index contributed by atoms with van der Waals surface area (Å²) >= 11 is 0. The summed E-state index contributed by atoms with van der Waals surface area (Å²) in [6, 6.07) is 9.67. The number of nitrogens with zero attached hydrogens (tertiary/aromatic N) is 5. The van der Waals surface area contributed by atoms with E-state index in [-0.39, 0.29) is 29.9 Å². The highest BCUT2D eigenvalue weighted by Crippen LogP contribution is 2.38. The number of hydrogen-bond acceptors (Lipinski definition) is 8. The molecule has 3 aromatic heterocycles. The van der Waals surface area contributed by atoms with Crippen molar-refractivity contribution < 1.29 is 13.9 Å². The zero-order valence-corrected chi connectivity index (χ0v) is 21.0. The number of aromatic amines is 1. The van der Waals surface area contributed by atoms with Crippen LogP contribution in [0.3, 0.4) is 0 Å². The van der Waals surface area contributed by atoms with E-state index < -0.39 is 0 Å². The number of aryl methyl sites for hydroxylation is 1. The molecule has 4 aromatic rings. The van der Waals surface area contributed by atoms with Gasteiger partial charge in [-0.05, 0) is 73.9 Å². The Kier molecular flexibility index (Phi) is 7.02. The van der Waals surface area contributed by atoms with Gasteiger partial charge in [0.15, 0.2) is 5.82 Å². The van der Waals surface area contributed by atoms with Crippen molar-refractivity contribution in [3.05, 3.63) is 54.0 Å². The van der Waals surface area contributed by atoms with Gasteiger partial charge in [0, 0.05) is 11.6 Å². The van der Waals surface area contributed by atoms with Crippen LogP contribution in [-0.4, -0.2) is 42.8 Å². The first-order chi connectivity index (χ1) is 17.5. The summed E-state index contributed by atoms with van der Waals surface area (Å²) in [5, 5.41) is 16.6. The number of esters is 1.